The van der Waals surface area contributed by atoms with Gasteiger partial charge in [0.2, 0.25) is 0 Å². The Labute approximate surface area is 211 Å². The standard InChI is InChI=1S/C23H25Cl2FN4O4S/c1-2-35(33,34)19-6-5-14(24)8-13(19)10-30-22(31)16-9-18(26)17(20(25)21(16)28-23(30)32)12-29-7-3-4-15(27)11-29/h5-6,8-9,15H,2-4,7,10-12,27H2,1H3,(H,28,32)/t15-/m1/s1. The lowest BCUT2D eigenvalue weighted by Gasteiger charge is -2.31. The third-order valence-corrected chi connectivity index (χ3v) is 8.74. The van der Waals surface area contributed by atoms with Crippen LogP contribution in [-0.2, 0) is 22.9 Å². The number of nitrogens with two attached hydrogens (primary N) is 1. The highest BCUT2D eigenvalue weighted by atomic mass is 35.5. The molecule has 2 aromatic carbocycles. The fraction of sp³-hybridized carbons (Fsp3) is 0.391. The fourth-order valence-corrected chi connectivity index (χ4v) is 6.01. The number of likely N-dealkylation sites (tertiary alicyclic amines) is 1. The number of rotatable bonds is 6. The predicted octanol–water partition coefficient (Wildman–Crippen LogP) is 2.90. The number of hydrogen-bond donors (Lipinski definition) is 2. The monoisotopic (exact) mass is 542 g/mol. The van der Waals surface area contributed by atoms with E-state index >= 15 is 4.39 Å². The van der Waals surface area contributed by atoms with E-state index in [1.54, 1.807) is 0 Å². The Balaban J connectivity index is 1.80. The Morgan fingerprint density at radius 1 is 1.20 bits per heavy atom. The molecule has 0 saturated carbocycles. The van der Waals surface area contributed by atoms with Gasteiger partial charge in [-0.05, 0) is 49.2 Å². The van der Waals surface area contributed by atoms with Crippen molar-refractivity contribution in [3.05, 3.63) is 72.1 Å². The minimum Gasteiger partial charge on any atom is -0.327 e. The molecule has 0 aliphatic carbocycles. The lowest BCUT2D eigenvalue weighted by Crippen LogP contribution is -2.42. The first-order valence-electron chi connectivity index (χ1n) is 11.1. The number of piperidine rings is 1. The number of halogens is 3. The van der Waals surface area contributed by atoms with Gasteiger partial charge in [0.05, 0.1) is 33.1 Å². The molecule has 1 aliphatic heterocycles. The molecule has 188 valence electrons. The highest BCUT2D eigenvalue weighted by molar-refractivity contribution is 7.91. The first kappa shape index (κ1) is 25.8. The van der Waals surface area contributed by atoms with Crippen LogP contribution in [0.4, 0.5) is 4.39 Å². The second-order valence-corrected chi connectivity index (χ2v) is 11.7. The van der Waals surface area contributed by atoms with Gasteiger partial charge in [0.15, 0.2) is 9.84 Å². The molecule has 0 unspecified atom stereocenters. The normalized spacial score (nSPS) is 17.2. The van der Waals surface area contributed by atoms with Crippen LogP contribution in [0.15, 0.2) is 38.8 Å². The molecule has 1 atom stereocenters. The van der Waals surface area contributed by atoms with Crippen molar-refractivity contribution in [1.29, 1.82) is 0 Å². The maximum Gasteiger partial charge on any atom is 0.329 e. The zero-order chi connectivity index (χ0) is 25.5. The molecule has 1 saturated heterocycles. The summed E-state index contributed by atoms with van der Waals surface area (Å²) >= 11 is 12.5. The average molecular weight is 543 g/mol. The maximum atomic E-state index is 15.1. The number of hydrogen-bond acceptors (Lipinski definition) is 6. The zero-order valence-electron chi connectivity index (χ0n) is 19.0. The molecule has 2 heterocycles. The van der Waals surface area contributed by atoms with Gasteiger partial charge in [-0.1, -0.05) is 30.1 Å². The van der Waals surface area contributed by atoms with Crippen molar-refractivity contribution in [2.75, 3.05) is 18.8 Å². The van der Waals surface area contributed by atoms with E-state index in [4.69, 9.17) is 28.9 Å². The summed E-state index contributed by atoms with van der Waals surface area (Å²) in [6, 6.07) is 5.20. The first-order chi connectivity index (χ1) is 16.5. The summed E-state index contributed by atoms with van der Waals surface area (Å²) in [5.41, 5.74) is 4.80. The summed E-state index contributed by atoms with van der Waals surface area (Å²) in [5, 5.41) is 0.0853. The van der Waals surface area contributed by atoms with Crippen LogP contribution in [0.1, 0.15) is 30.9 Å². The molecule has 0 bridgehead atoms. The summed E-state index contributed by atoms with van der Waals surface area (Å²) in [4.78, 5) is 30.7. The van der Waals surface area contributed by atoms with Crippen LogP contribution in [0.2, 0.25) is 10.0 Å². The first-order valence-corrected chi connectivity index (χ1v) is 13.6. The highest BCUT2D eigenvalue weighted by Crippen LogP contribution is 2.29. The third-order valence-electron chi connectivity index (χ3n) is 6.26. The van der Waals surface area contributed by atoms with Crippen molar-refractivity contribution in [1.82, 2.24) is 14.5 Å². The van der Waals surface area contributed by atoms with Crippen LogP contribution in [0, 0.1) is 5.82 Å². The summed E-state index contributed by atoms with van der Waals surface area (Å²) in [6.07, 6.45) is 1.78. The van der Waals surface area contributed by atoms with Crippen LogP contribution in [-0.4, -0.2) is 47.8 Å². The summed E-state index contributed by atoms with van der Waals surface area (Å²) in [7, 11) is -3.65. The van der Waals surface area contributed by atoms with Crippen molar-refractivity contribution in [3.8, 4) is 0 Å². The van der Waals surface area contributed by atoms with E-state index in [9.17, 15) is 18.0 Å². The Hall–Kier alpha value is -2.24. The maximum absolute atomic E-state index is 15.1. The largest absolute Gasteiger partial charge is 0.329 e. The Morgan fingerprint density at radius 2 is 1.94 bits per heavy atom. The number of nitrogens with zero attached hydrogens (tertiary/aromatic N) is 2. The van der Waals surface area contributed by atoms with Crippen LogP contribution in [0.3, 0.4) is 0 Å². The van der Waals surface area contributed by atoms with E-state index < -0.39 is 26.9 Å². The van der Waals surface area contributed by atoms with Crippen molar-refractivity contribution in [2.24, 2.45) is 5.73 Å². The SMILES string of the molecule is CCS(=O)(=O)c1ccc(Cl)cc1Cn1c(=O)[nH]c2c(Cl)c(CN3CCC[C@@H](N)C3)c(F)cc2c1=O. The fourth-order valence-electron chi connectivity index (χ4n) is 4.41. The number of benzene rings is 2. The van der Waals surface area contributed by atoms with E-state index in [0.717, 1.165) is 30.0 Å². The van der Waals surface area contributed by atoms with Gasteiger partial charge in [0.1, 0.15) is 5.82 Å². The van der Waals surface area contributed by atoms with Gasteiger partial charge in [0.25, 0.3) is 5.56 Å². The van der Waals surface area contributed by atoms with Crippen LogP contribution < -0.4 is 17.0 Å². The Bertz CT molecular complexity index is 1520. The topological polar surface area (TPSA) is 118 Å². The molecular weight excluding hydrogens is 518 g/mol. The second kappa shape index (κ2) is 10.0. The van der Waals surface area contributed by atoms with Gasteiger partial charge in [0, 0.05) is 29.7 Å². The number of aromatic nitrogens is 2. The molecule has 35 heavy (non-hydrogen) atoms. The molecule has 0 spiro atoms. The lowest BCUT2D eigenvalue weighted by atomic mass is 10.0. The minimum absolute atomic E-state index is 0.00837. The number of sulfone groups is 1. The quantitative estimate of drug-likeness (QED) is 0.494. The molecule has 12 heteroatoms. The van der Waals surface area contributed by atoms with E-state index in [1.165, 1.54) is 25.1 Å². The molecule has 3 aromatic rings. The summed E-state index contributed by atoms with van der Waals surface area (Å²) in [5.74, 6) is -0.842. The number of H-pyrrole nitrogens is 1. The van der Waals surface area contributed by atoms with Gasteiger partial charge >= 0.3 is 5.69 Å². The minimum atomic E-state index is -3.65. The number of nitrogens with one attached hydrogen (secondary N) is 1. The zero-order valence-corrected chi connectivity index (χ0v) is 21.3. The van der Waals surface area contributed by atoms with Crippen molar-refractivity contribution >= 4 is 43.9 Å². The number of fused-ring (bicyclic) bond motifs is 1. The van der Waals surface area contributed by atoms with Crippen LogP contribution >= 0.6 is 23.2 Å². The van der Waals surface area contributed by atoms with Crippen molar-refractivity contribution in [2.45, 2.75) is 43.8 Å². The van der Waals surface area contributed by atoms with E-state index in [0.29, 0.717) is 6.54 Å². The van der Waals surface area contributed by atoms with Gasteiger partial charge in [-0.2, -0.15) is 0 Å². The molecule has 0 radical (unpaired) electrons. The molecule has 1 aliphatic rings. The Morgan fingerprint density at radius 3 is 2.63 bits per heavy atom. The van der Waals surface area contributed by atoms with E-state index in [2.05, 4.69) is 4.98 Å². The highest BCUT2D eigenvalue weighted by Gasteiger charge is 2.23. The average Bonchev–Trinajstić information content (AvgIpc) is 2.80. The van der Waals surface area contributed by atoms with Crippen LogP contribution in [0.5, 0.6) is 0 Å². The molecule has 8 nitrogen and oxygen atoms in total. The van der Waals surface area contributed by atoms with Gasteiger partial charge in [-0.25, -0.2) is 17.6 Å². The van der Waals surface area contributed by atoms with Gasteiger partial charge < -0.3 is 10.7 Å². The Kier molecular flexibility index (Phi) is 7.40. The van der Waals surface area contributed by atoms with Crippen molar-refractivity contribution < 1.29 is 12.8 Å². The van der Waals surface area contributed by atoms with Gasteiger partial charge in [-0.3, -0.25) is 14.3 Å². The van der Waals surface area contributed by atoms with Crippen LogP contribution in [0.25, 0.3) is 10.9 Å². The molecule has 0 amide bonds. The lowest BCUT2D eigenvalue weighted by molar-refractivity contribution is 0.199. The molecular formula is C23H25Cl2FN4O4S. The molecule has 3 N–H and O–H groups in total. The third kappa shape index (κ3) is 5.17. The molecule has 1 aromatic heterocycles. The van der Waals surface area contributed by atoms with E-state index in [-0.39, 0.29) is 61.9 Å². The summed E-state index contributed by atoms with van der Waals surface area (Å²) in [6.45, 7) is 2.64. The summed E-state index contributed by atoms with van der Waals surface area (Å²) < 4.78 is 41.0. The van der Waals surface area contributed by atoms with Crippen molar-refractivity contribution in [3.63, 3.8) is 0 Å². The number of aromatic amines is 1. The molecule has 1 fully saturated rings. The smallest absolute Gasteiger partial charge is 0.327 e. The van der Waals surface area contributed by atoms with E-state index in [1.807, 2.05) is 4.90 Å². The predicted molar refractivity (Wildman–Crippen MR) is 135 cm³/mol. The van der Waals surface area contributed by atoms with Gasteiger partial charge in [-0.15, -0.1) is 0 Å². The second-order valence-electron chi connectivity index (χ2n) is 8.69. The molecule has 4 rings (SSSR count).